The third-order valence-electron chi connectivity index (χ3n) is 15.1. The summed E-state index contributed by atoms with van der Waals surface area (Å²) in [4.78, 5) is 2.57. The van der Waals surface area contributed by atoms with Crippen LogP contribution in [0.1, 0.15) is 76.3 Å². The smallest absolute Gasteiger partial charge is 0.0640 e. The van der Waals surface area contributed by atoms with E-state index in [1.165, 1.54) is 103 Å². The van der Waals surface area contributed by atoms with Crippen molar-refractivity contribution in [1.82, 2.24) is 0 Å². The molecule has 1 unspecified atom stereocenters. The largest absolute Gasteiger partial charge is 0.308 e. The predicted octanol–water partition coefficient (Wildman–Crippen LogP) is 19.6. The van der Waals surface area contributed by atoms with Crippen molar-refractivity contribution >= 4 is 59.3 Å². The molecule has 340 valence electrons. The summed E-state index contributed by atoms with van der Waals surface area (Å²) in [5, 5.41) is 5.04. The van der Waals surface area contributed by atoms with Gasteiger partial charge in [0.1, 0.15) is 0 Å². The van der Waals surface area contributed by atoms with Crippen molar-refractivity contribution in [2.45, 2.75) is 64.7 Å². The van der Waals surface area contributed by atoms with Crippen LogP contribution in [0.2, 0.25) is 0 Å². The van der Waals surface area contributed by atoms with E-state index in [4.69, 9.17) is 0 Å². The Morgan fingerprint density at radius 2 is 0.929 bits per heavy atom. The SMILES string of the molecule is CC(C)(C)c1cc(-c2cccc3cccc(-c4ccccc4N(c4ccccc4-c4ccc5c(c4)C(C)(c4ccccc4)c4ccccc4-5)c4cccc5c4sc4ccccc45)c23)cc(C(C)(C)C)c1. The normalized spacial score (nSPS) is 14.6. The number of fused-ring (bicyclic) bond motifs is 7. The first-order chi connectivity index (χ1) is 33.9. The van der Waals surface area contributed by atoms with Crippen molar-refractivity contribution in [1.29, 1.82) is 0 Å². The van der Waals surface area contributed by atoms with E-state index >= 15 is 0 Å². The molecule has 1 aromatic heterocycles. The van der Waals surface area contributed by atoms with Crippen LogP contribution in [0.25, 0.3) is 75.5 Å². The van der Waals surface area contributed by atoms with Crippen LogP contribution in [0.4, 0.5) is 17.1 Å². The Hall–Kier alpha value is -7.52. The van der Waals surface area contributed by atoms with Crippen LogP contribution in [0.15, 0.2) is 218 Å². The summed E-state index contributed by atoms with van der Waals surface area (Å²) in [6.45, 7) is 16.4. The van der Waals surface area contributed by atoms with Crippen LogP contribution in [0.3, 0.4) is 0 Å². The molecule has 0 radical (unpaired) electrons. The molecule has 1 atom stereocenters. The molecule has 11 aromatic rings. The first kappa shape index (κ1) is 43.7. The van der Waals surface area contributed by atoms with E-state index in [9.17, 15) is 0 Å². The van der Waals surface area contributed by atoms with Gasteiger partial charge >= 0.3 is 0 Å². The lowest BCUT2D eigenvalue weighted by molar-refractivity contribution is 0.569. The van der Waals surface area contributed by atoms with Gasteiger partial charge in [-0.2, -0.15) is 0 Å². The number of rotatable bonds is 7. The summed E-state index contributed by atoms with van der Waals surface area (Å²) in [5.41, 5.74) is 19.6. The van der Waals surface area contributed by atoms with Gasteiger partial charge < -0.3 is 4.90 Å². The molecule has 1 nitrogen and oxygen atoms in total. The summed E-state index contributed by atoms with van der Waals surface area (Å²) in [6.07, 6.45) is 0. The molecule has 0 fully saturated rings. The van der Waals surface area contributed by atoms with E-state index < -0.39 is 0 Å². The van der Waals surface area contributed by atoms with E-state index in [1.807, 2.05) is 11.3 Å². The number of para-hydroxylation sites is 2. The van der Waals surface area contributed by atoms with Crippen molar-refractivity contribution in [3.8, 4) is 44.5 Å². The van der Waals surface area contributed by atoms with Gasteiger partial charge in [-0.25, -0.2) is 0 Å². The van der Waals surface area contributed by atoms with Crippen molar-refractivity contribution in [3.05, 3.63) is 246 Å². The van der Waals surface area contributed by atoms with E-state index in [2.05, 4.69) is 272 Å². The van der Waals surface area contributed by atoms with Gasteiger partial charge in [0.2, 0.25) is 0 Å². The lowest BCUT2D eigenvalue weighted by Gasteiger charge is -2.31. The average Bonchev–Trinajstić information content (AvgIpc) is 3.89. The highest BCUT2D eigenvalue weighted by atomic mass is 32.1. The van der Waals surface area contributed by atoms with E-state index in [-0.39, 0.29) is 16.2 Å². The minimum Gasteiger partial charge on any atom is -0.308 e. The molecular formula is C68H57NS. The second kappa shape index (κ2) is 16.6. The Morgan fingerprint density at radius 3 is 1.66 bits per heavy atom. The van der Waals surface area contributed by atoms with E-state index in [1.54, 1.807) is 0 Å². The molecule has 1 heterocycles. The third kappa shape index (κ3) is 7.11. The van der Waals surface area contributed by atoms with Gasteiger partial charge in [0, 0.05) is 32.0 Å². The Morgan fingerprint density at radius 1 is 0.386 bits per heavy atom. The van der Waals surface area contributed by atoms with Crippen LogP contribution < -0.4 is 4.90 Å². The maximum atomic E-state index is 2.57. The highest BCUT2D eigenvalue weighted by Crippen LogP contribution is 2.55. The van der Waals surface area contributed by atoms with E-state index in [0.717, 1.165) is 17.1 Å². The molecule has 0 saturated heterocycles. The average molecular weight is 920 g/mol. The van der Waals surface area contributed by atoms with Gasteiger partial charge in [0.05, 0.1) is 21.8 Å². The topological polar surface area (TPSA) is 3.24 Å². The molecule has 70 heavy (non-hydrogen) atoms. The van der Waals surface area contributed by atoms with Gasteiger partial charge in [-0.15, -0.1) is 11.3 Å². The quantitative estimate of drug-likeness (QED) is 0.154. The highest BCUT2D eigenvalue weighted by Gasteiger charge is 2.41. The number of benzene rings is 10. The molecular weight excluding hydrogens is 863 g/mol. The minimum absolute atomic E-state index is 0.0134. The van der Waals surface area contributed by atoms with Gasteiger partial charge in [-0.1, -0.05) is 230 Å². The van der Waals surface area contributed by atoms with Crippen molar-refractivity contribution in [2.24, 2.45) is 0 Å². The number of hydrogen-bond donors (Lipinski definition) is 0. The highest BCUT2D eigenvalue weighted by molar-refractivity contribution is 7.26. The Bertz CT molecular complexity index is 3780. The molecule has 0 spiro atoms. The summed E-state index contributed by atoms with van der Waals surface area (Å²) < 4.78 is 2.55. The second-order valence-electron chi connectivity index (χ2n) is 21.4. The van der Waals surface area contributed by atoms with Gasteiger partial charge in [0.25, 0.3) is 0 Å². The molecule has 2 heteroatoms. The molecule has 0 amide bonds. The van der Waals surface area contributed by atoms with Crippen LogP contribution in [-0.4, -0.2) is 0 Å². The van der Waals surface area contributed by atoms with Crippen molar-refractivity contribution < 1.29 is 0 Å². The number of nitrogens with zero attached hydrogens (tertiary/aromatic N) is 1. The Balaban J connectivity index is 1.12. The first-order valence-corrected chi connectivity index (χ1v) is 25.6. The zero-order chi connectivity index (χ0) is 47.9. The molecule has 0 saturated carbocycles. The molecule has 1 aliphatic rings. The van der Waals surface area contributed by atoms with Crippen LogP contribution in [0, 0.1) is 0 Å². The lowest BCUT2D eigenvalue weighted by Crippen LogP contribution is -2.22. The second-order valence-corrected chi connectivity index (χ2v) is 22.5. The summed E-state index contributed by atoms with van der Waals surface area (Å²) in [6, 6.07) is 82.2. The monoisotopic (exact) mass is 919 g/mol. The van der Waals surface area contributed by atoms with Gasteiger partial charge in [-0.05, 0) is 120 Å². The van der Waals surface area contributed by atoms with Crippen LogP contribution in [0.5, 0.6) is 0 Å². The zero-order valence-corrected chi connectivity index (χ0v) is 42.0. The molecule has 0 N–H and O–H groups in total. The molecule has 12 rings (SSSR count). The minimum atomic E-state index is -0.320. The van der Waals surface area contributed by atoms with Gasteiger partial charge in [0.15, 0.2) is 0 Å². The van der Waals surface area contributed by atoms with Crippen molar-refractivity contribution in [2.75, 3.05) is 4.90 Å². The fourth-order valence-electron chi connectivity index (χ4n) is 11.3. The summed E-state index contributed by atoms with van der Waals surface area (Å²) >= 11 is 1.88. The molecule has 0 aliphatic heterocycles. The zero-order valence-electron chi connectivity index (χ0n) is 41.1. The fourth-order valence-corrected chi connectivity index (χ4v) is 12.5. The summed E-state index contributed by atoms with van der Waals surface area (Å²) in [5.74, 6) is 0. The molecule has 1 aliphatic carbocycles. The third-order valence-corrected chi connectivity index (χ3v) is 16.3. The van der Waals surface area contributed by atoms with Gasteiger partial charge in [-0.3, -0.25) is 0 Å². The summed E-state index contributed by atoms with van der Waals surface area (Å²) in [7, 11) is 0. The Kier molecular flexibility index (Phi) is 10.4. The van der Waals surface area contributed by atoms with Crippen molar-refractivity contribution in [3.63, 3.8) is 0 Å². The Labute approximate surface area is 417 Å². The lowest BCUT2D eigenvalue weighted by atomic mass is 9.74. The number of anilines is 3. The fraction of sp³-hybridized carbons (Fsp3) is 0.147. The maximum Gasteiger partial charge on any atom is 0.0640 e. The standard InChI is InChI=1S/C68H57NS/c1-66(2,3)48-40-46(41-49(43-48)67(4,5)6)51-30-19-22-44-23-20-31-56(64(44)51)54-28-13-17-35-61(54)69(62-36-21-32-57-55-29-14-18-37-63(55)70-65(57)62)60-34-16-12-26-50(60)45-38-39-53-52-27-11-15-33-58(52)68(7,59(53)42-45)47-24-9-8-10-25-47/h8-43H,1-7H3. The van der Waals surface area contributed by atoms with E-state index in [0.29, 0.717) is 0 Å². The number of thiophene rings is 1. The van der Waals surface area contributed by atoms with Crippen LogP contribution >= 0.6 is 11.3 Å². The van der Waals surface area contributed by atoms with Crippen LogP contribution in [-0.2, 0) is 16.2 Å². The molecule has 10 aromatic carbocycles. The number of hydrogen-bond acceptors (Lipinski definition) is 2. The predicted molar refractivity (Wildman–Crippen MR) is 303 cm³/mol. The maximum absolute atomic E-state index is 2.57. The molecule has 0 bridgehead atoms. The first-order valence-electron chi connectivity index (χ1n) is 24.8.